The van der Waals surface area contributed by atoms with Crippen molar-refractivity contribution in [2.45, 2.75) is 52.2 Å². The molecule has 0 bridgehead atoms. The molecule has 2 heterocycles. The van der Waals surface area contributed by atoms with Gasteiger partial charge in [0.25, 0.3) is 0 Å². The lowest BCUT2D eigenvalue weighted by Gasteiger charge is -2.36. The maximum atomic E-state index is 13.4. The molecular formula is C21H24N2O6. The Hall–Kier alpha value is -3.29. The molecule has 1 spiro atoms. The standard InChI is InChI=1S/C21H24N2O6/c1-10(2)27-18(24)15-12(5)29-17(22)16(19(25)28-11(3)4)21(15)13-8-6-7-9-14(13)23-20(21)26/h6-11H,22H2,1-5H3,(H,23,26)/t21-/m1/s1. The van der Waals surface area contributed by atoms with Crippen LogP contribution in [0.25, 0.3) is 0 Å². The molecule has 1 aromatic carbocycles. The SMILES string of the molecule is CC1=C(C(=O)OC(C)C)[C@@]2(C(=O)Nc3ccccc32)C(C(=O)OC(C)C)=C(N)O1. The Morgan fingerprint density at radius 2 is 1.59 bits per heavy atom. The molecule has 2 aliphatic rings. The lowest BCUT2D eigenvalue weighted by atomic mass is 9.67. The third-order valence-electron chi connectivity index (χ3n) is 4.63. The fourth-order valence-electron chi connectivity index (χ4n) is 3.69. The molecule has 3 N–H and O–H groups in total. The molecule has 154 valence electrons. The molecule has 8 nitrogen and oxygen atoms in total. The van der Waals surface area contributed by atoms with Crippen molar-refractivity contribution in [3.05, 3.63) is 52.6 Å². The van der Waals surface area contributed by atoms with E-state index in [4.69, 9.17) is 19.9 Å². The van der Waals surface area contributed by atoms with Crippen LogP contribution in [0, 0.1) is 0 Å². The molecule has 3 rings (SSSR count). The Morgan fingerprint density at radius 1 is 1.03 bits per heavy atom. The van der Waals surface area contributed by atoms with Gasteiger partial charge in [0, 0.05) is 11.3 Å². The summed E-state index contributed by atoms with van der Waals surface area (Å²) in [6.07, 6.45) is -0.925. The van der Waals surface area contributed by atoms with Gasteiger partial charge in [-0.3, -0.25) is 4.79 Å². The number of hydrogen-bond acceptors (Lipinski definition) is 7. The maximum absolute atomic E-state index is 13.4. The van der Waals surface area contributed by atoms with Gasteiger partial charge in [-0.25, -0.2) is 9.59 Å². The minimum Gasteiger partial charge on any atom is -0.459 e. The number of allylic oxidation sites excluding steroid dienone is 1. The number of rotatable bonds is 4. The third kappa shape index (κ3) is 3.14. The van der Waals surface area contributed by atoms with Crippen molar-refractivity contribution in [1.82, 2.24) is 0 Å². The lowest BCUT2D eigenvalue weighted by molar-refractivity contribution is -0.147. The number of esters is 2. The van der Waals surface area contributed by atoms with Crippen LogP contribution in [0.1, 0.15) is 40.2 Å². The average Bonchev–Trinajstić information content (AvgIpc) is 2.86. The molecule has 29 heavy (non-hydrogen) atoms. The second-order valence-electron chi connectivity index (χ2n) is 7.43. The van der Waals surface area contributed by atoms with Crippen LogP contribution >= 0.6 is 0 Å². The fourth-order valence-corrected chi connectivity index (χ4v) is 3.69. The van der Waals surface area contributed by atoms with E-state index in [9.17, 15) is 14.4 Å². The number of carbonyl (C=O) groups excluding carboxylic acids is 3. The first kappa shape index (κ1) is 20.4. The Bertz CT molecular complexity index is 914. The number of benzene rings is 1. The first-order chi connectivity index (χ1) is 13.6. The minimum atomic E-state index is -1.83. The number of nitrogens with one attached hydrogen (secondary N) is 1. The fraction of sp³-hybridized carbons (Fsp3) is 0.381. The van der Waals surface area contributed by atoms with Gasteiger partial charge in [-0.05, 0) is 40.7 Å². The van der Waals surface area contributed by atoms with E-state index in [-0.39, 0.29) is 22.8 Å². The van der Waals surface area contributed by atoms with Crippen LogP contribution in [-0.4, -0.2) is 30.1 Å². The predicted molar refractivity (Wildman–Crippen MR) is 104 cm³/mol. The zero-order chi connectivity index (χ0) is 21.5. The smallest absolute Gasteiger partial charge is 0.341 e. The Balaban J connectivity index is 2.33. The zero-order valence-corrected chi connectivity index (χ0v) is 17.0. The summed E-state index contributed by atoms with van der Waals surface area (Å²) >= 11 is 0. The van der Waals surface area contributed by atoms with Crippen LogP contribution in [0.3, 0.4) is 0 Å². The van der Waals surface area contributed by atoms with E-state index >= 15 is 0 Å². The summed E-state index contributed by atoms with van der Waals surface area (Å²) < 4.78 is 16.2. The Morgan fingerprint density at radius 3 is 2.17 bits per heavy atom. The Labute approximate surface area is 168 Å². The number of para-hydroxylation sites is 1. The van der Waals surface area contributed by atoms with Gasteiger partial charge in [0.2, 0.25) is 11.8 Å². The van der Waals surface area contributed by atoms with Gasteiger partial charge in [0.05, 0.1) is 12.2 Å². The van der Waals surface area contributed by atoms with Crippen molar-refractivity contribution in [3.63, 3.8) is 0 Å². The summed E-state index contributed by atoms with van der Waals surface area (Å²) in [6, 6.07) is 6.78. The van der Waals surface area contributed by atoms with Crippen LogP contribution in [0.4, 0.5) is 5.69 Å². The predicted octanol–water partition coefficient (Wildman–Crippen LogP) is 2.25. The van der Waals surface area contributed by atoms with Crippen LogP contribution in [0.5, 0.6) is 0 Å². The molecular weight excluding hydrogens is 376 g/mol. The van der Waals surface area contributed by atoms with Crippen molar-refractivity contribution in [3.8, 4) is 0 Å². The van der Waals surface area contributed by atoms with E-state index in [2.05, 4.69) is 5.32 Å². The van der Waals surface area contributed by atoms with Crippen LogP contribution < -0.4 is 11.1 Å². The quantitative estimate of drug-likeness (QED) is 0.745. The monoisotopic (exact) mass is 400 g/mol. The van der Waals surface area contributed by atoms with Gasteiger partial charge in [0.15, 0.2) is 0 Å². The molecule has 0 radical (unpaired) electrons. The second kappa shape index (κ2) is 7.27. The van der Waals surface area contributed by atoms with Gasteiger partial charge in [-0.15, -0.1) is 0 Å². The first-order valence-electron chi connectivity index (χ1n) is 9.33. The van der Waals surface area contributed by atoms with Crippen molar-refractivity contribution in [1.29, 1.82) is 0 Å². The third-order valence-corrected chi connectivity index (χ3v) is 4.63. The molecule has 1 atom stereocenters. The summed E-state index contributed by atoms with van der Waals surface area (Å²) in [5, 5.41) is 2.74. The van der Waals surface area contributed by atoms with Gasteiger partial charge >= 0.3 is 11.9 Å². The lowest BCUT2D eigenvalue weighted by Crippen LogP contribution is -2.49. The van der Waals surface area contributed by atoms with Crippen LogP contribution in [0.15, 0.2) is 47.1 Å². The van der Waals surface area contributed by atoms with Crippen molar-refractivity contribution in [2.75, 3.05) is 5.32 Å². The summed E-state index contributed by atoms with van der Waals surface area (Å²) in [7, 11) is 0. The number of amides is 1. The molecule has 0 fully saturated rings. The van der Waals surface area contributed by atoms with Gasteiger partial charge in [-0.1, -0.05) is 18.2 Å². The van der Waals surface area contributed by atoms with Crippen molar-refractivity contribution >= 4 is 23.5 Å². The van der Waals surface area contributed by atoms with Gasteiger partial charge < -0.3 is 25.3 Å². The normalized spacial score (nSPS) is 20.7. The average molecular weight is 400 g/mol. The molecule has 0 aliphatic carbocycles. The highest BCUT2D eigenvalue weighted by Crippen LogP contribution is 2.52. The molecule has 1 amide bonds. The van der Waals surface area contributed by atoms with E-state index in [1.54, 1.807) is 52.0 Å². The molecule has 0 unspecified atom stereocenters. The molecule has 0 saturated carbocycles. The first-order valence-corrected chi connectivity index (χ1v) is 9.33. The number of carbonyl (C=O) groups is 3. The zero-order valence-electron chi connectivity index (χ0n) is 17.0. The van der Waals surface area contributed by atoms with Crippen molar-refractivity contribution in [2.24, 2.45) is 5.73 Å². The van der Waals surface area contributed by atoms with Crippen LogP contribution in [0.2, 0.25) is 0 Å². The summed E-state index contributed by atoms with van der Waals surface area (Å²) in [5.74, 6) is -2.42. The van der Waals surface area contributed by atoms with Crippen molar-refractivity contribution < 1.29 is 28.6 Å². The topological polar surface area (TPSA) is 117 Å². The molecule has 0 saturated heterocycles. The Kier molecular flexibility index (Phi) is 5.13. The van der Waals surface area contributed by atoms with E-state index in [1.807, 2.05) is 0 Å². The largest absolute Gasteiger partial charge is 0.459 e. The number of anilines is 1. The molecule has 8 heteroatoms. The van der Waals surface area contributed by atoms with Crippen LogP contribution in [-0.2, 0) is 34.0 Å². The van der Waals surface area contributed by atoms with E-state index in [0.29, 0.717) is 11.3 Å². The highest BCUT2D eigenvalue weighted by molar-refractivity contribution is 6.21. The van der Waals surface area contributed by atoms with E-state index in [0.717, 1.165) is 0 Å². The maximum Gasteiger partial charge on any atom is 0.341 e. The number of hydrogen-bond donors (Lipinski definition) is 2. The molecule has 1 aromatic rings. The van der Waals surface area contributed by atoms with Gasteiger partial charge in [0.1, 0.15) is 22.3 Å². The number of fused-ring (bicyclic) bond motifs is 2. The minimum absolute atomic E-state index is 0.0844. The summed E-state index contributed by atoms with van der Waals surface area (Å²) in [5.41, 5.74) is 4.77. The number of nitrogens with two attached hydrogens (primary N) is 1. The second-order valence-corrected chi connectivity index (χ2v) is 7.43. The van der Waals surface area contributed by atoms with E-state index < -0.39 is 35.5 Å². The summed E-state index contributed by atoms with van der Waals surface area (Å²) in [4.78, 5) is 39.5. The van der Waals surface area contributed by atoms with E-state index in [1.165, 1.54) is 6.92 Å². The van der Waals surface area contributed by atoms with Gasteiger partial charge in [-0.2, -0.15) is 0 Å². The highest BCUT2D eigenvalue weighted by Gasteiger charge is 2.61. The molecule has 2 aliphatic heterocycles. The summed E-state index contributed by atoms with van der Waals surface area (Å²) in [6.45, 7) is 8.21. The molecule has 0 aromatic heterocycles. The number of ether oxygens (including phenoxy) is 3. The highest BCUT2D eigenvalue weighted by atomic mass is 16.6.